The number of carbonyl (C=O) groups excluding carboxylic acids is 3. The molecule has 1 heterocycles. The Bertz CT molecular complexity index is 1410. The number of nitrogens with two attached hydrogens (primary N) is 1. The number of likely N-dealkylation sites (tertiary alicyclic amines) is 1. The Morgan fingerprint density at radius 1 is 0.744 bits per heavy atom. The first-order valence-electron chi connectivity index (χ1n) is 14.1. The Balaban J connectivity index is 1.55. The summed E-state index contributed by atoms with van der Waals surface area (Å²) >= 11 is 0. The van der Waals surface area contributed by atoms with Crippen LogP contribution in [0.5, 0.6) is 11.5 Å². The zero-order valence-electron chi connectivity index (χ0n) is 23.6. The van der Waals surface area contributed by atoms with Crippen LogP contribution in [0.25, 0.3) is 0 Å². The number of aliphatic carboxylic acids is 1. The second-order valence-electron chi connectivity index (χ2n) is 10.7. The van der Waals surface area contributed by atoms with Crippen molar-refractivity contribution in [3.63, 3.8) is 0 Å². The molecule has 3 amide bonds. The highest BCUT2D eigenvalue weighted by atomic mass is 16.4. The van der Waals surface area contributed by atoms with Gasteiger partial charge in [-0.2, -0.15) is 0 Å². The van der Waals surface area contributed by atoms with Crippen molar-refractivity contribution in [1.29, 1.82) is 0 Å². The van der Waals surface area contributed by atoms with Crippen molar-refractivity contribution in [3.05, 3.63) is 95.6 Å². The van der Waals surface area contributed by atoms with Gasteiger partial charge in [-0.1, -0.05) is 54.6 Å². The summed E-state index contributed by atoms with van der Waals surface area (Å²) < 4.78 is 0. The van der Waals surface area contributed by atoms with E-state index in [0.717, 1.165) is 11.1 Å². The molecule has 43 heavy (non-hydrogen) atoms. The first kappa shape index (κ1) is 31.0. The van der Waals surface area contributed by atoms with Gasteiger partial charge in [-0.25, -0.2) is 4.79 Å². The first-order chi connectivity index (χ1) is 20.6. The molecule has 0 radical (unpaired) electrons. The van der Waals surface area contributed by atoms with Gasteiger partial charge in [-0.15, -0.1) is 0 Å². The lowest BCUT2D eigenvalue weighted by atomic mass is 10.0. The first-order valence-corrected chi connectivity index (χ1v) is 14.1. The molecule has 0 spiro atoms. The number of aromatic hydroxyl groups is 2. The molecule has 0 aromatic heterocycles. The molecule has 1 aliphatic heterocycles. The minimum atomic E-state index is -1.13. The average molecular weight is 589 g/mol. The van der Waals surface area contributed by atoms with Crippen molar-refractivity contribution in [2.45, 2.75) is 56.3 Å². The molecule has 0 saturated carbocycles. The maximum absolute atomic E-state index is 13.8. The number of nitrogens with one attached hydrogen (secondary N) is 2. The van der Waals surface area contributed by atoms with Crippen molar-refractivity contribution in [2.24, 2.45) is 5.73 Å². The minimum Gasteiger partial charge on any atom is -0.508 e. The van der Waals surface area contributed by atoms with Crippen LogP contribution >= 0.6 is 0 Å². The summed E-state index contributed by atoms with van der Waals surface area (Å²) in [4.78, 5) is 53.7. The second kappa shape index (κ2) is 14.3. The van der Waals surface area contributed by atoms with E-state index in [4.69, 9.17) is 5.73 Å². The number of hydrogen-bond donors (Lipinski definition) is 6. The van der Waals surface area contributed by atoms with Crippen molar-refractivity contribution in [3.8, 4) is 11.5 Å². The largest absolute Gasteiger partial charge is 0.508 e. The maximum Gasteiger partial charge on any atom is 0.326 e. The van der Waals surface area contributed by atoms with Gasteiger partial charge in [0.25, 0.3) is 0 Å². The van der Waals surface area contributed by atoms with E-state index in [-0.39, 0.29) is 37.3 Å². The summed E-state index contributed by atoms with van der Waals surface area (Å²) in [6.45, 7) is 0.244. The molecule has 1 fully saturated rings. The fourth-order valence-corrected chi connectivity index (χ4v) is 5.14. The minimum absolute atomic E-state index is 0.0374. The van der Waals surface area contributed by atoms with E-state index in [9.17, 15) is 34.5 Å². The van der Waals surface area contributed by atoms with Crippen LogP contribution in [0.15, 0.2) is 78.9 Å². The van der Waals surface area contributed by atoms with Crippen molar-refractivity contribution >= 4 is 23.7 Å². The van der Waals surface area contributed by atoms with Gasteiger partial charge < -0.3 is 36.6 Å². The molecule has 4 rings (SSSR count). The average Bonchev–Trinajstić information content (AvgIpc) is 3.49. The molecular weight excluding hydrogens is 552 g/mol. The van der Waals surface area contributed by atoms with Gasteiger partial charge in [-0.05, 0) is 60.2 Å². The summed E-state index contributed by atoms with van der Waals surface area (Å²) in [5, 5.41) is 34.4. The highest BCUT2D eigenvalue weighted by molar-refractivity contribution is 5.94. The number of phenolic OH excluding ortho intramolecular Hbond substituents is 2. The predicted octanol–water partition coefficient (Wildman–Crippen LogP) is 1.50. The third kappa shape index (κ3) is 8.55. The Hall–Kier alpha value is -4.90. The third-order valence-corrected chi connectivity index (χ3v) is 7.46. The van der Waals surface area contributed by atoms with Crippen molar-refractivity contribution in [1.82, 2.24) is 15.5 Å². The van der Waals surface area contributed by atoms with E-state index in [1.54, 1.807) is 36.4 Å². The van der Waals surface area contributed by atoms with Crippen LogP contribution in [0.1, 0.15) is 29.5 Å². The van der Waals surface area contributed by atoms with Gasteiger partial charge >= 0.3 is 5.97 Å². The number of rotatable bonds is 12. The number of phenols is 2. The van der Waals surface area contributed by atoms with E-state index in [1.807, 2.05) is 18.2 Å². The molecule has 7 N–H and O–H groups in total. The molecule has 1 saturated heterocycles. The molecule has 4 unspecified atom stereocenters. The highest BCUT2D eigenvalue weighted by Gasteiger charge is 2.38. The molecule has 0 bridgehead atoms. The molecule has 3 aromatic rings. The quantitative estimate of drug-likeness (QED) is 0.184. The van der Waals surface area contributed by atoms with Gasteiger partial charge in [-0.3, -0.25) is 14.4 Å². The van der Waals surface area contributed by atoms with Gasteiger partial charge in [0.2, 0.25) is 17.7 Å². The molecule has 1 aliphatic rings. The lowest BCUT2D eigenvalue weighted by Crippen LogP contribution is -2.58. The lowest BCUT2D eigenvalue weighted by molar-refractivity contribution is -0.149. The van der Waals surface area contributed by atoms with Crippen LogP contribution in [-0.2, 0) is 38.4 Å². The standard InChI is InChI=1S/C32H36N4O7/c33-25(17-21-8-12-23(37)13-9-21)29(39)34-26(18-20-5-2-1-3-6-20)30(40)35-27(19-22-10-14-24(38)15-11-22)31(41)36-16-4-7-28(36)32(42)43/h1-3,5-6,8-15,25-28,37-38H,4,7,16-19,33H2,(H,34,39)(H,35,40)(H,42,43). The van der Waals surface area contributed by atoms with Gasteiger partial charge in [0.05, 0.1) is 6.04 Å². The van der Waals surface area contributed by atoms with Crippen molar-refractivity contribution in [2.75, 3.05) is 6.54 Å². The van der Waals surface area contributed by atoms with E-state index in [2.05, 4.69) is 10.6 Å². The second-order valence-corrected chi connectivity index (χ2v) is 10.7. The summed E-state index contributed by atoms with van der Waals surface area (Å²) in [5.41, 5.74) is 8.31. The van der Waals surface area contributed by atoms with E-state index >= 15 is 0 Å². The predicted molar refractivity (Wildman–Crippen MR) is 158 cm³/mol. The number of amides is 3. The number of benzene rings is 3. The normalized spacial score (nSPS) is 16.6. The van der Waals surface area contributed by atoms with Crippen LogP contribution in [0.4, 0.5) is 0 Å². The van der Waals surface area contributed by atoms with E-state index in [0.29, 0.717) is 18.4 Å². The lowest BCUT2D eigenvalue weighted by Gasteiger charge is -2.29. The van der Waals surface area contributed by atoms with Crippen LogP contribution in [-0.4, -0.2) is 74.6 Å². The molecule has 4 atom stereocenters. The molecule has 0 aliphatic carbocycles. The van der Waals surface area contributed by atoms with Crippen LogP contribution in [0.3, 0.4) is 0 Å². The van der Waals surface area contributed by atoms with Gasteiger partial charge in [0.15, 0.2) is 0 Å². The summed E-state index contributed by atoms with van der Waals surface area (Å²) in [6.07, 6.45) is 1.16. The number of nitrogens with zero attached hydrogens (tertiary/aromatic N) is 1. The number of carboxylic acid groups (broad SMARTS) is 1. The van der Waals surface area contributed by atoms with Crippen molar-refractivity contribution < 1.29 is 34.5 Å². The van der Waals surface area contributed by atoms with Gasteiger partial charge in [0, 0.05) is 19.4 Å². The maximum atomic E-state index is 13.8. The SMILES string of the molecule is NC(Cc1ccc(O)cc1)C(=O)NC(Cc1ccccc1)C(=O)NC(Cc1ccc(O)cc1)C(=O)N1CCCC1C(=O)O. The topological polar surface area (TPSA) is 182 Å². The Morgan fingerprint density at radius 3 is 1.84 bits per heavy atom. The molecular formula is C32H36N4O7. The van der Waals surface area contributed by atoms with E-state index < -0.39 is 47.9 Å². The number of carbonyl (C=O) groups is 4. The summed E-state index contributed by atoms with van der Waals surface area (Å²) in [6, 6.07) is 17.3. The van der Waals surface area contributed by atoms with Crippen LogP contribution < -0.4 is 16.4 Å². The fraction of sp³-hybridized carbons (Fsp3) is 0.312. The summed E-state index contributed by atoms with van der Waals surface area (Å²) in [7, 11) is 0. The third-order valence-electron chi connectivity index (χ3n) is 7.46. The van der Waals surface area contributed by atoms with Crippen LogP contribution in [0.2, 0.25) is 0 Å². The molecule has 11 heteroatoms. The highest BCUT2D eigenvalue weighted by Crippen LogP contribution is 2.21. The van der Waals surface area contributed by atoms with Gasteiger partial charge in [0.1, 0.15) is 29.6 Å². The Morgan fingerprint density at radius 2 is 1.26 bits per heavy atom. The number of carboxylic acids is 1. The Labute approximate surface area is 249 Å². The van der Waals surface area contributed by atoms with Crippen LogP contribution in [0, 0.1) is 0 Å². The molecule has 226 valence electrons. The fourth-order valence-electron chi connectivity index (χ4n) is 5.14. The smallest absolute Gasteiger partial charge is 0.326 e. The number of hydrogen-bond acceptors (Lipinski definition) is 7. The Kier molecular flexibility index (Phi) is 10.3. The zero-order chi connectivity index (χ0) is 30.9. The zero-order valence-corrected chi connectivity index (χ0v) is 23.6. The molecule has 3 aromatic carbocycles. The molecule has 11 nitrogen and oxygen atoms in total. The monoisotopic (exact) mass is 588 g/mol. The summed E-state index contributed by atoms with van der Waals surface area (Å²) in [5.74, 6) is -2.73. The van der Waals surface area contributed by atoms with E-state index in [1.165, 1.54) is 29.2 Å².